The third kappa shape index (κ3) is 5.37. The van der Waals surface area contributed by atoms with Gasteiger partial charge in [-0.2, -0.15) is 0 Å². The third-order valence-electron chi connectivity index (χ3n) is 2.69. The lowest BCUT2D eigenvalue weighted by Crippen LogP contribution is -2.27. The standard InChI is InChI=1S/C15H20INOSi/c1-11(8-9-19(2,3)4)14(15(17)18)12-6-5-7-13(16)10-12/h5-7,10-11,14H,1-4H3,(H2,17,18). The number of rotatable bonds is 3. The first-order chi connectivity index (χ1) is 8.70. The molecule has 0 radical (unpaired) electrons. The van der Waals surface area contributed by atoms with Gasteiger partial charge < -0.3 is 5.73 Å². The summed E-state index contributed by atoms with van der Waals surface area (Å²) in [6.07, 6.45) is 0. The summed E-state index contributed by atoms with van der Waals surface area (Å²) in [5.74, 6) is 2.54. The molecule has 0 bridgehead atoms. The number of nitrogens with two attached hydrogens (primary N) is 1. The van der Waals surface area contributed by atoms with E-state index in [1.165, 1.54) is 0 Å². The monoisotopic (exact) mass is 385 g/mol. The van der Waals surface area contributed by atoms with Crippen LogP contribution in [0.5, 0.6) is 0 Å². The van der Waals surface area contributed by atoms with Crippen LogP contribution in [0.4, 0.5) is 0 Å². The molecule has 1 aromatic carbocycles. The molecule has 0 fully saturated rings. The van der Waals surface area contributed by atoms with Crippen LogP contribution in [0.25, 0.3) is 0 Å². The van der Waals surface area contributed by atoms with E-state index < -0.39 is 8.07 Å². The predicted octanol–water partition coefficient (Wildman–Crippen LogP) is 3.38. The third-order valence-corrected chi connectivity index (χ3v) is 4.25. The summed E-state index contributed by atoms with van der Waals surface area (Å²) in [6, 6.07) is 7.90. The van der Waals surface area contributed by atoms with Gasteiger partial charge in [0.05, 0.1) is 5.92 Å². The van der Waals surface area contributed by atoms with E-state index in [1.54, 1.807) is 0 Å². The highest BCUT2D eigenvalue weighted by Crippen LogP contribution is 2.25. The van der Waals surface area contributed by atoms with Crippen molar-refractivity contribution >= 4 is 36.6 Å². The van der Waals surface area contributed by atoms with Crippen molar-refractivity contribution in [2.24, 2.45) is 11.7 Å². The Bertz CT molecular complexity index is 525. The Hall–Kier alpha value is -0.803. The van der Waals surface area contributed by atoms with Crippen LogP contribution in [0.15, 0.2) is 24.3 Å². The zero-order valence-corrected chi connectivity index (χ0v) is 15.0. The van der Waals surface area contributed by atoms with Crippen LogP contribution >= 0.6 is 22.6 Å². The minimum atomic E-state index is -1.43. The second-order valence-corrected chi connectivity index (χ2v) is 11.7. The fourth-order valence-electron chi connectivity index (χ4n) is 1.81. The van der Waals surface area contributed by atoms with E-state index in [-0.39, 0.29) is 17.7 Å². The lowest BCUT2D eigenvalue weighted by molar-refractivity contribution is -0.120. The van der Waals surface area contributed by atoms with E-state index in [0.717, 1.165) is 9.13 Å². The minimum Gasteiger partial charge on any atom is -0.369 e. The van der Waals surface area contributed by atoms with Crippen molar-refractivity contribution in [3.8, 4) is 11.5 Å². The molecule has 4 heteroatoms. The zero-order valence-electron chi connectivity index (χ0n) is 11.8. The molecule has 0 aliphatic rings. The van der Waals surface area contributed by atoms with Gasteiger partial charge in [-0.05, 0) is 40.3 Å². The van der Waals surface area contributed by atoms with Crippen LogP contribution in [0, 0.1) is 21.0 Å². The van der Waals surface area contributed by atoms with Crippen LogP contribution in [0.3, 0.4) is 0 Å². The summed E-state index contributed by atoms with van der Waals surface area (Å²) in [7, 11) is -1.43. The fourth-order valence-corrected chi connectivity index (χ4v) is 3.04. The van der Waals surface area contributed by atoms with Crippen LogP contribution in [0.1, 0.15) is 18.4 Å². The highest BCUT2D eigenvalue weighted by Gasteiger charge is 2.24. The molecule has 0 spiro atoms. The quantitative estimate of drug-likeness (QED) is 0.484. The molecule has 2 nitrogen and oxygen atoms in total. The Morgan fingerprint density at radius 2 is 2.00 bits per heavy atom. The number of halogens is 1. The van der Waals surface area contributed by atoms with Gasteiger partial charge in [0.1, 0.15) is 8.07 Å². The van der Waals surface area contributed by atoms with E-state index in [0.29, 0.717) is 0 Å². The van der Waals surface area contributed by atoms with Gasteiger partial charge in [0.2, 0.25) is 5.91 Å². The van der Waals surface area contributed by atoms with E-state index >= 15 is 0 Å². The maximum atomic E-state index is 11.7. The lowest BCUT2D eigenvalue weighted by Gasteiger charge is -2.18. The molecule has 0 aliphatic carbocycles. The topological polar surface area (TPSA) is 43.1 Å². The Kier molecular flexibility index (Phi) is 5.62. The van der Waals surface area contributed by atoms with Crippen molar-refractivity contribution in [1.82, 2.24) is 0 Å². The second kappa shape index (κ2) is 6.57. The zero-order chi connectivity index (χ0) is 14.6. The summed E-state index contributed by atoms with van der Waals surface area (Å²) in [6.45, 7) is 8.55. The largest absolute Gasteiger partial charge is 0.369 e. The molecule has 2 N–H and O–H groups in total. The molecule has 0 heterocycles. The molecular formula is C15H20INOSi. The Balaban J connectivity index is 3.08. The number of benzene rings is 1. The van der Waals surface area contributed by atoms with Gasteiger partial charge in [-0.1, -0.05) is 38.7 Å². The molecule has 1 aromatic rings. The summed E-state index contributed by atoms with van der Waals surface area (Å²) < 4.78 is 1.10. The average Bonchev–Trinajstić information content (AvgIpc) is 2.25. The molecule has 0 saturated heterocycles. The first kappa shape index (κ1) is 16.3. The SMILES string of the molecule is CC(C#C[Si](C)(C)C)C(C(N)=O)c1cccc(I)c1. The molecule has 0 aromatic heterocycles. The van der Waals surface area contributed by atoms with Gasteiger partial charge in [-0.3, -0.25) is 4.79 Å². The molecule has 102 valence electrons. The van der Waals surface area contributed by atoms with Gasteiger partial charge in [-0.15, -0.1) is 11.5 Å². The van der Waals surface area contributed by atoms with Gasteiger partial charge in [0, 0.05) is 9.49 Å². The lowest BCUT2D eigenvalue weighted by atomic mass is 9.87. The highest BCUT2D eigenvalue weighted by molar-refractivity contribution is 14.1. The molecule has 19 heavy (non-hydrogen) atoms. The van der Waals surface area contributed by atoms with Crippen LogP contribution < -0.4 is 5.73 Å². The maximum absolute atomic E-state index is 11.7. The van der Waals surface area contributed by atoms with Crippen LogP contribution in [0.2, 0.25) is 19.6 Å². The summed E-state index contributed by atoms with van der Waals surface area (Å²) in [5, 5.41) is 0. The fraction of sp³-hybridized carbons (Fsp3) is 0.400. The summed E-state index contributed by atoms with van der Waals surface area (Å²) in [4.78, 5) is 11.7. The van der Waals surface area contributed by atoms with Crippen molar-refractivity contribution in [3.05, 3.63) is 33.4 Å². The molecule has 0 aliphatic heterocycles. The predicted molar refractivity (Wildman–Crippen MR) is 91.4 cm³/mol. The number of carbonyl (C=O) groups excluding carboxylic acids is 1. The average molecular weight is 385 g/mol. The van der Waals surface area contributed by atoms with Crippen molar-refractivity contribution < 1.29 is 4.79 Å². The normalized spacial score (nSPS) is 14.2. The van der Waals surface area contributed by atoms with Gasteiger partial charge in [-0.25, -0.2) is 0 Å². The number of primary amides is 1. The number of amides is 1. The van der Waals surface area contributed by atoms with Gasteiger partial charge in [0.15, 0.2) is 0 Å². The summed E-state index contributed by atoms with van der Waals surface area (Å²) in [5.41, 5.74) is 9.84. The highest BCUT2D eigenvalue weighted by atomic mass is 127. The van der Waals surface area contributed by atoms with Crippen LogP contribution in [-0.4, -0.2) is 14.0 Å². The minimum absolute atomic E-state index is 0.0533. The summed E-state index contributed by atoms with van der Waals surface area (Å²) >= 11 is 2.24. The Labute approximate surface area is 130 Å². The molecular weight excluding hydrogens is 365 g/mol. The molecule has 2 atom stereocenters. The van der Waals surface area contributed by atoms with Gasteiger partial charge in [0.25, 0.3) is 0 Å². The Morgan fingerprint density at radius 3 is 2.47 bits per heavy atom. The second-order valence-electron chi connectivity index (χ2n) is 5.74. The van der Waals surface area contributed by atoms with Crippen molar-refractivity contribution in [2.75, 3.05) is 0 Å². The first-order valence-corrected chi connectivity index (χ1v) is 10.9. The van der Waals surface area contributed by atoms with E-state index in [1.807, 2.05) is 31.2 Å². The molecule has 1 rings (SSSR count). The van der Waals surface area contributed by atoms with Crippen molar-refractivity contribution in [1.29, 1.82) is 0 Å². The molecule has 2 unspecified atom stereocenters. The number of carbonyl (C=O) groups is 1. The number of hydrogen-bond donors (Lipinski definition) is 1. The molecule has 0 saturated carbocycles. The smallest absolute Gasteiger partial charge is 0.226 e. The van der Waals surface area contributed by atoms with E-state index in [4.69, 9.17) is 5.73 Å². The first-order valence-electron chi connectivity index (χ1n) is 6.28. The Morgan fingerprint density at radius 1 is 1.37 bits per heavy atom. The van der Waals surface area contributed by atoms with E-state index in [9.17, 15) is 4.79 Å². The number of hydrogen-bond acceptors (Lipinski definition) is 1. The van der Waals surface area contributed by atoms with Gasteiger partial charge >= 0.3 is 0 Å². The van der Waals surface area contributed by atoms with Crippen molar-refractivity contribution in [2.45, 2.75) is 32.5 Å². The maximum Gasteiger partial charge on any atom is 0.226 e. The van der Waals surface area contributed by atoms with E-state index in [2.05, 4.69) is 53.7 Å². The van der Waals surface area contributed by atoms with Crippen LogP contribution in [-0.2, 0) is 4.79 Å². The van der Waals surface area contributed by atoms with Crippen molar-refractivity contribution in [3.63, 3.8) is 0 Å². The molecule has 1 amide bonds.